The van der Waals surface area contributed by atoms with E-state index >= 15 is 0 Å². The van der Waals surface area contributed by atoms with Gasteiger partial charge in [0.05, 0.1) is 6.61 Å². The lowest BCUT2D eigenvalue weighted by atomic mass is 10.1. The number of hydrogen-bond acceptors (Lipinski definition) is 1. The maximum absolute atomic E-state index is 5.43. The largest absolute Gasteiger partial charge is 0.493 e. The minimum atomic E-state index is 0. The van der Waals surface area contributed by atoms with E-state index in [4.69, 9.17) is 4.74 Å². The number of rotatable bonds is 2. The Morgan fingerprint density at radius 3 is 2.47 bits per heavy atom. The lowest BCUT2D eigenvalue weighted by molar-refractivity contribution is 0.357. The molecule has 0 saturated carbocycles. The van der Waals surface area contributed by atoms with Crippen molar-refractivity contribution in [3.8, 4) is 5.75 Å². The van der Waals surface area contributed by atoms with Gasteiger partial charge in [-0.25, -0.2) is 0 Å². The van der Waals surface area contributed by atoms with E-state index in [0.29, 0.717) is 0 Å². The van der Waals surface area contributed by atoms with Crippen LogP contribution in [0, 0.1) is 5.92 Å². The Morgan fingerprint density at radius 1 is 1.24 bits per heavy atom. The summed E-state index contributed by atoms with van der Waals surface area (Å²) < 4.78 is 5.43. The molecule has 0 fully saturated rings. The number of fused-ring (bicyclic) bond motifs is 1. The molecule has 1 aliphatic heterocycles. The molecule has 0 unspecified atom stereocenters. The molecule has 0 atom stereocenters. The fourth-order valence-corrected chi connectivity index (χ4v) is 1.68. The summed E-state index contributed by atoms with van der Waals surface area (Å²) in [6.07, 6.45) is 3.50. The smallest absolute Gasteiger partial charge is 0.122 e. The third kappa shape index (κ3) is 6.11. The molecule has 17 heavy (non-hydrogen) atoms. The summed E-state index contributed by atoms with van der Waals surface area (Å²) in [7, 11) is 0. The molecule has 1 nitrogen and oxygen atoms in total. The summed E-state index contributed by atoms with van der Waals surface area (Å²) in [5.41, 5.74) is 2.84. The Kier molecular flexibility index (Phi) is 8.32. The van der Waals surface area contributed by atoms with Gasteiger partial charge in [-0.05, 0) is 29.5 Å². The summed E-state index contributed by atoms with van der Waals surface area (Å²) in [5, 5.41) is 0. The number of hydrogen-bond donors (Lipinski definition) is 0. The molecule has 1 aliphatic rings. The second kappa shape index (κ2) is 8.57. The quantitative estimate of drug-likeness (QED) is 0.761. The molecule has 0 amide bonds. The molecular formula is C15H25BrO. The molecule has 0 spiro atoms. The van der Waals surface area contributed by atoms with E-state index in [2.05, 4.69) is 45.9 Å². The van der Waals surface area contributed by atoms with Crippen LogP contribution in [-0.4, -0.2) is 6.61 Å². The highest BCUT2D eigenvalue weighted by Gasteiger charge is 2.11. The maximum Gasteiger partial charge on any atom is 0.122 e. The molecule has 1 aromatic rings. The van der Waals surface area contributed by atoms with E-state index in [-0.39, 0.29) is 17.0 Å². The Bertz CT molecular complexity index is 318. The van der Waals surface area contributed by atoms with Crippen LogP contribution in [-0.2, 0) is 12.8 Å². The average molecular weight is 301 g/mol. The average Bonchev–Trinajstić information content (AvgIpc) is 2.64. The van der Waals surface area contributed by atoms with Crippen molar-refractivity contribution in [1.82, 2.24) is 0 Å². The number of ether oxygens (including phenoxy) is 1. The van der Waals surface area contributed by atoms with Crippen LogP contribution in [0.3, 0.4) is 0 Å². The maximum atomic E-state index is 5.43. The van der Waals surface area contributed by atoms with Gasteiger partial charge in [-0.1, -0.05) is 46.2 Å². The van der Waals surface area contributed by atoms with Crippen LogP contribution >= 0.6 is 17.0 Å². The van der Waals surface area contributed by atoms with Crippen LogP contribution in [0.5, 0.6) is 5.75 Å². The van der Waals surface area contributed by atoms with Crippen molar-refractivity contribution in [2.45, 2.75) is 47.0 Å². The topological polar surface area (TPSA) is 9.23 Å². The molecule has 0 N–H and O–H groups in total. The Morgan fingerprint density at radius 2 is 1.88 bits per heavy atom. The van der Waals surface area contributed by atoms with E-state index in [1.807, 2.05) is 0 Å². The molecule has 0 radical (unpaired) electrons. The van der Waals surface area contributed by atoms with Crippen molar-refractivity contribution in [3.63, 3.8) is 0 Å². The second-order valence-corrected chi connectivity index (χ2v) is 5.02. The predicted molar refractivity (Wildman–Crippen MR) is 80.5 cm³/mol. The minimum absolute atomic E-state index is 0. The van der Waals surface area contributed by atoms with Crippen molar-refractivity contribution in [2.75, 3.05) is 6.61 Å². The van der Waals surface area contributed by atoms with Gasteiger partial charge in [-0.2, -0.15) is 0 Å². The van der Waals surface area contributed by atoms with Gasteiger partial charge < -0.3 is 4.74 Å². The minimum Gasteiger partial charge on any atom is -0.493 e. The summed E-state index contributed by atoms with van der Waals surface area (Å²) >= 11 is 0. The van der Waals surface area contributed by atoms with Crippen LogP contribution in [0.15, 0.2) is 18.2 Å². The highest BCUT2D eigenvalue weighted by Crippen LogP contribution is 2.26. The van der Waals surface area contributed by atoms with Gasteiger partial charge in [0.25, 0.3) is 0 Å². The first-order chi connectivity index (χ1) is 7.63. The SMILES string of the molecule is Br.CC(C)C.CCCc1ccc2c(c1)CCO2. The van der Waals surface area contributed by atoms with Crippen LogP contribution < -0.4 is 4.74 Å². The zero-order valence-electron chi connectivity index (χ0n) is 11.5. The zero-order valence-corrected chi connectivity index (χ0v) is 13.2. The van der Waals surface area contributed by atoms with Gasteiger partial charge in [-0.3, -0.25) is 0 Å². The van der Waals surface area contributed by atoms with Gasteiger partial charge in [-0.15, -0.1) is 17.0 Å². The van der Waals surface area contributed by atoms with E-state index in [9.17, 15) is 0 Å². The van der Waals surface area contributed by atoms with Gasteiger partial charge in [0, 0.05) is 6.42 Å². The van der Waals surface area contributed by atoms with Crippen LogP contribution in [0.4, 0.5) is 0 Å². The zero-order chi connectivity index (χ0) is 12.0. The molecule has 2 rings (SSSR count). The van der Waals surface area contributed by atoms with E-state index < -0.39 is 0 Å². The highest BCUT2D eigenvalue weighted by molar-refractivity contribution is 8.93. The number of halogens is 1. The fourth-order valence-electron chi connectivity index (χ4n) is 1.68. The van der Waals surface area contributed by atoms with Crippen LogP contribution in [0.1, 0.15) is 45.2 Å². The van der Waals surface area contributed by atoms with Gasteiger partial charge >= 0.3 is 0 Å². The Balaban J connectivity index is 0.000000453. The first-order valence-electron chi connectivity index (χ1n) is 6.38. The molecule has 0 aliphatic carbocycles. The Hall–Kier alpha value is -0.500. The van der Waals surface area contributed by atoms with Crippen molar-refractivity contribution >= 4 is 17.0 Å². The normalized spacial score (nSPS) is 12.1. The third-order valence-corrected chi connectivity index (χ3v) is 2.29. The summed E-state index contributed by atoms with van der Waals surface area (Å²) in [6, 6.07) is 6.56. The monoisotopic (exact) mass is 300 g/mol. The summed E-state index contributed by atoms with van der Waals surface area (Å²) in [4.78, 5) is 0. The second-order valence-electron chi connectivity index (χ2n) is 5.02. The van der Waals surface area contributed by atoms with Gasteiger partial charge in [0.15, 0.2) is 0 Å². The molecule has 0 saturated heterocycles. The molecule has 0 bridgehead atoms. The van der Waals surface area contributed by atoms with Crippen molar-refractivity contribution < 1.29 is 4.74 Å². The molecule has 1 aromatic carbocycles. The lowest BCUT2D eigenvalue weighted by Crippen LogP contribution is -1.85. The first kappa shape index (κ1) is 16.5. The van der Waals surface area contributed by atoms with E-state index in [1.165, 1.54) is 24.0 Å². The predicted octanol–water partition coefficient (Wildman–Crippen LogP) is 4.81. The first-order valence-corrected chi connectivity index (χ1v) is 6.38. The molecule has 2 heteroatoms. The Labute approximate surface area is 116 Å². The fraction of sp³-hybridized carbons (Fsp3) is 0.600. The van der Waals surface area contributed by atoms with Crippen molar-refractivity contribution in [1.29, 1.82) is 0 Å². The van der Waals surface area contributed by atoms with E-state index in [1.54, 1.807) is 0 Å². The van der Waals surface area contributed by atoms with Gasteiger partial charge in [0.1, 0.15) is 5.75 Å². The van der Waals surface area contributed by atoms with Gasteiger partial charge in [0.2, 0.25) is 0 Å². The summed E-state index contributed by atoms with van der Waals surface area (Å²) in [6.45, 7) is 9.58. The molecule has 98 valence electrons. The van der Waals surface area contributed by atoms with Crippen molar-refractivity contribution in [2.24, 2.45) is 5.92 Å². The molecule has 1 heterocycles. The standard InChI is InChI=1S/C11H14O.C4H10.BrH/c1-2-3-9-4-5-11-10(8-9)6-7-12-11;1-4(2)3;/h4-5,8H,2-3,6-7H2,1H3;4H,1-3H3;1H. The number of benzene rings is 1. The summed E-state index contributed by atoms with van der Waals surface area (Å²) in [5.74, 6) is 1.93. The highest BCUT2D eigenvalue weighted by atomic mass is 79.9. The molecule has 0 aromatic heterocycles. The molecular weight excluding hydrogens is 276 g/mol. The lowest BCUT2D eigenvalue weighted by Gasteiger charge is -2.01. The van der Waals surface area contributed by atoms with Crippen molar-refractivity contribution in [3.05, 3.63) is 29.3 Å². The third-order valence-electron chi connectivity index (χ3n) is 2.29. The van der Waals surface area contributed by atoms with Crippen LogP contribution in [0.2, 0.25) is 0 Å². The van der Waals surface area contributed by atoms with E-state index in [0.717, 1.165) is 24.7 Å². The number of aryl methyl sites for hydroxylation is 1. The van der Waals surface area contributed by atoms with Crippen LogP contribution in [0.25, 0.3) is 0 Å².